The summed E-state index contributed by atoms with van der Waals surface area (Å²) in [6, 6.07) is 3.86. The standard InChI is InChI=1S/C13H18O3/c1-8(2)9-5-11-12(16-7-15-11)6-10(9)13(3,4)14/h5-6,8,14H,7H2,1-4H3. The second-order valence-electron chi connectivity index (χ2n) is 5.01. The minimum absolute atomic E-state index is 0.266. The van der Waals surface area contributed by atoms with Crippen molar-refractivity contribution in [3.63, 3.8) is 0 Å². The first kappa shape index (κ1) is 11.3. The highest BCUT2D eigenvalue weighted by Crippen LogP contribution is 2.40. The third-order valence-corrected chi connectivity index (χ3v) is 2.83. The van der Waals surface area contributed by atoms with Gasteiger partial charge in [0.15, 0.2) is 11.5 Å². The Hall–Kier alpha value is -1.22. The van der Waals surface area contributed by atoms with Crippen LogP contribution in [-0.4, -0.2) is 11.9 Å². The Labute approximate surface area is 96.0 Å². The van der Waals surface area contributed by atoms with Crippen LogP contribution in [0.4, 0.5) is 0 Å². The summed E-state index contributed by atoms with van der Waals surface area (Å²) in [4.78, 5) is 0. The fourth-order valence-corrected chi connectivity index (χ4v) is 1.97. The lowest BCUT2D eigenvalue weighted by Crippen LogP contribution is -2.18. The second-order valence-corrected chi connectivity index (χ2v) is 5.01. The molecule has 1 N–H and O–H groups in total. The number of hydrogen-bond donors (Lipinski definition) is 1. The molecule has 0 atom stereocenters. The van der Waals surface area contributed by atoms with Gasteiger partial charge in [0.1, 0.15) is 0 Å². The smallest absolute Gasteiger partial charge is 0.231 e. The highest BCUT2D eigenvalue weighted by molar-refractivity contribution is 5.51. The minimum atomic E-state index is -0.861. The molecule has 16 heavy (non-hydrogen) atoms. The van der Waals surface area contributed by atoms with E-state index in [0.29, 0.717) is 5.92 Å². The molecule has 0 saturated carbocycles. The molecule has 1 aromatic rings. The zero-order chi connectivity index (χ0) is 11.9. The predicted molar refractivity (Wildman–Crippen MR) is 61.9 cm³/mol. The molecule has 2 rings (SSSR count). The molecule has 0 aromatic heterocycles. The maximum absolute atomic E-state index is 10.2. The lowest BCUT2D eigenvalue weighted by atomic mass is 9.87. The van der Waals surface area contributed by atoms with Crippen LogP contribution in [0.25, 0.3) is 0 Å². The number of fused-ring (bicyclic) bond motifs is 1. The zero-order valence-electron chi connectivity index (χ0n) is 10.2. The van der Waals surface area contributed by atoms with Gasteiger partial charge in [-0.15, -0.1) is 0 Å². The first-order valence-corrected chi connectivity index (χ1v) is 5.56. The highest BCUT2D eigenvalue weighted by Gasteiger charge is 2.26. The Balaban J connectivity index is 2.58. The van der Waals surface area contributed by atoms with Gasteiger partial charge in [-0.2, -0.15) is 0 Å². The van der Waals surface area contributed by atoms with E-state index in [1.54, 1.807) is 13.8 Å². The van der Waals surface area contributed by atoms with Gasteiger partial charge in [-0.1, -0.05) is 13.8 Å². The van der Waals surface area contributed by atoms with Crippen molar-refractivity contribution in [1.82, 2.24) is 0 Å². The topological polar surface area (TPSA) is 38.7 Å². The maximum atomic E-state index is 10.2. The van der Waals surface area contributed by atoms with Crippen molar-refractivity contribution < 1.29 is 14.6 Å². The van der Waals surface area contributed by atoms with Gasteiger partial charge in [-0.05, 0) is 43.0 Å². The summed E-state index contributed by atoms with van der Waals surface area (Å²) in [7, 11) is 0. The number of ether oxygens (including phenoxy) is 2. The lowest BCUT2D eigenvalue weighted by molar-refractivity contribution is 0.0771. The number of aliphatic hydroxyl groups is 1. The van der Waals surface area contributed by atoms with Gasteiger partial charge in [-0.3, -0.25) is 0 Å². The van der Waals surface area contributed by atoms with Crippen molar-refractivity contribution in [1.29, 1.82) is 0 Å². The first-order chi connectivity index (χ1) is 7.39. The van der Waals surface area contributed by atoms with Crippen LogP contribution in [0.15, 0.2) is 12.1 Å². The van der Waals surface area contributed by atoms with E-state index >= 15 is 0 Å². The van der Waals surface area contributed by atoms with E-state index in [9.17, 15) is 5.11 Å². The van der Waals surface area contributed by atoms with Crippen LogP contribution in [0, 0.1) is 0 Å². The number of benzene rings is 1. The molecule has 0 saturated heterocycles. The Bertz CT molecular complexity index is 402. The van der Waals surface area contributed by atoms with Crippen LogP contribution in [-0.2, 0) is 5.60 Å². The van der Waals surface area contributed by atoms with Crippen molar-refractivity contribution in [3.8, 4) is 11.5 Å². The lowest BCUT2D eigenvalue weighted by Gasteiger charge is -2.24. The molecule has 0 bridgehead atoms. The first-order valence-electron chi connectivity index (χ1n) is 5.56. The van der Waals surface area contributed by atoms with Gasteiger partial charge < -0.3 is 14.6 Å². The van der Waals surface area contributed by atoms with Crippen LogP contribution in [0.3, 0.4) is 0 Å². The van der Waals surface area contributed by atoms with Crippen LogP contribution < -0.4 is 9.47 Å². The fourth-order valence-electron chi connectivity index (χ4n) is 1.97. The summed E-state index contributed by atoms with van der Waals surface area (Å²) in [5.74, 6) is 1.84. The largest absolute Gasteiger partial charge is 0.454 e. The molecule has 0 radical (unpaired) electrons. The van der Waals surface area contributed by atoms with Gasteiger partial charge in [0.25, 0.3) is 0 Å². The summed E-state index contributed by atoms with van der Waals surface area (Å²) in [6.45, 7) is 8.05. The van der Waals surface area contributed by atoms with Crippen molar-refractivity contribution >= 4 is 0 Å². The molecular weight excluding hydrogens is 204 g/mol. The van der Waals surface area contributed by atoms with Gasteiger partial charge in [0, 0.05) is 0 Å². The molecule has 0 unspecified atom stereocenters. The fraction of sp³-hybridized carbons (Fsp3) is 0.538. The molecular formula is C13H18O3. The summed E-state index contributed by atoms with van der Waals surface area (Å²) < 4.78 is 10.7. The van der Waals surface area contributed by atoms with Crippen molar-refractivity contribution in [2.75, 3.05) is 6.79 Å². The molecule has 3 heteroatoms. The van der Waals surface area contributed by atoms with Gasteiger partial charge in [0.05, 0.1) is 5.60 Å². The molecule has 1 aromatic carbocycles. The van der Waals surface area contributed by atoms with Crippen LogP contribution in [0.1, 0.15) is 44.7 Å². The molecule has 0 amide bonds. The van der Waals surface area contributed by atoms with Gasteiger partial charge in [0.2, 0.25) is 6.79 Å². The molecule has 1 heterocycles. The van der Waals surface area contributed by atoms with E-state index in [1.807, 2.05) is 12.1 Å². The minimum Gasteiger partial charge on any atom is -0.454 e. The van der Waals surface area contributed by atoms with Crippen molar-refractivity contribution in [2.24, 2.45) is 0 Å². The number of hydrogen-bond acceptors (Lipinski definition) is 3. The maximum Gasteiger partial charge on any atom is 0.231 e. The normalized spacial score (nSPS) is 14.6. The summed E-state index contributed by atoms with van der Waals surface area (Å²) in [6.07, 6.45) is 0. The second kappa shape index (κ2) is 3.67. The Morgan fingerprint density at radius 2 is 1.75 bits per heavy atom. The zero-order valence-corrected chi connectivity index (χ0v) is 10.2. The van der Waals surface area contributed by atoms with E-state index in [2.05, 4.69) is 13.8 Å². The Morgan fingerprint density at radius 1 is 1.19 bits per heavy atom. The van der Waals surface area contributed by atoms with Crippen molar-refractivity contribution in [2.45, 2.75) is 39.2 Å². The van der Waals surface area contributed by atoms with Gasteiger partial charge >= 0.3 is 0 Å². The monoisotopic (exact) mass is 222 g/mol. The molecule has 88 valence electrons. The third kappa shape index (κ3) is 1.87. The van der Waals surface area contributed by atoms with E-state index < -0.39 is 5.60 Å². The van der Waals surface area contributed by atoms with Crippen LogP contribution in [0.2, 0.25) is 0 Å². The molecule has 1 aliphatic heterocycles. The third-order valence-electron chi connectivity index (χ3n) is 2.83. The number of rotatable bonds is 2. The summed E-state index contributed by atoms with van der Waals surface area (Å²) in [5.41, 5.74) is 1.16. The SMILES string of the molecule is CC(C)c1cc2c(cc1C(C)(C)O)OCO2. The molecule has 0 aliphatic carbocycles. The van der Waals surface area contributed by atoms with Crippen molar-refractivity contribution in [3.05, 3.63) is 23.3 Å². The van der Waals surface area contributed by atoms with Crippen LogP contribution in [0.5, 0.6) is 11.5 Å². The van der Waals surface area contributed by atoms with E-state index in [1.165, 1.54) is 0 Å². The van der Waals surface area contributed by atoms with Crippen LogP contribution >= 0.6 is 0 Å². The highest BCUT2D eigenvalue weighted by atomic mass is 16.7. The summed E-state index contributed by atoms with van der Waals surface area (Å²) in [5, 5.41) is 10.2. The van der Waals surface area contributed by atoms with E-state index in [0.717, 1.165) is 22.6 Å². The van der Waals surface area contributed by atoms with Gasteiger partial charge in [-0.25, -0.2) is 0 Å². The predicted octanol–water partition coefficient (Wildman–Crippen LogP) is 2.77. The molecule has 3 nitrogen and oxygen atoms in total. The Kier molecular flexibility index (Phi) is 2.58. The van der Waals surface area contributed by atoms with E-state index in [4.69, 9.17) is 9.47 Å². The molecule has 0 spiro atoms. The molecule has 1 aliphatic rings. The average Bonchev–Trinajstić information content (AvgIpc) is 2.60. The quantitative estimate of drug-likeness (QED) is 0.836. The average molecular weight is 222 g/mol. The summed E-state index contributed by atoms with van der Waals surface area (Å²) >= 11 is 0. The Morgan fingerprint density at radius 3 is 2.25 bits per heavy atom. The van der Waals surface area contributed by atoms with E-state index in [-0.39, 0.29) is 6.79 Å². The molecule has 0 fully saturated rings.